The minimum absolute atomic E-state index is 0.0657. The van der Waals surface area contributed by atoms with E-state index in [1.807, 2.05) is 24.3 Å². The Kier molecular flexibility index (Phi) is 2.71. The highest BCUT2D eigenvalue weighted by molar-refractivity contribution is 6.02. The summed E-state index contributed by atoms with van der Waals surface area (Å²) in [5.74, 6) is 0.339. The number of pyridine rings is 1. The van der Waals surface area contributed by atoms with Crippen LogP contribution >= 0.6 is 0 Å². The first-order chi connectivity index (χ1) is 8.75. The van der Waals surface area contributed by atoms with E-state index in [9.17, 15) is 4.79 Å². The van der Waals surface area contributed by atoms with Crippen molar-refractivity contribution in [2.45, 2.75) is 19.8 Å². The van der Waals surface area contributed by atoms with Gasteiger partial charge in [0.05, 0.1) is 0 Å². The average Bonchev–Trinajstić information content (AvgIpc) is 2.70. The Morgan fingerprint density at radius 1 is 1.22 bits per heavy atom. The lowest BCUT2D eigenvalue weighted by molar-refractivity contribution is 0.0935. The fraction of sp³-hybridized carbons (Fsp3) is 0.250. The van der Waals surface area contributed by atoms with Crippen LogP contribution < -0.4 is 0 Å². The van der Waals surface area contributed by atoms with E-state index in [4.69, 9.17) is 0 Å². The maximum Gasteiger partial charge on any atom is 0.166 e. The highest BCUT2D eigenvalue weighted by Crippen LogP contribution is 2.29. The largest absolute Gasteiger partial charge is 0.294 e. The topological polar surface area (TPSA) is 30.0 Å². The molecule has 1 heterocycles. The predicted molar refractivity (Wildman–Crippen MR) is 70.6 cm³/mol. The molecule has 1 aliphatic rings. The second kappa shape index (κ2) is 4.37. The normalized spacial score (nSPS) is 17.8. The van der Waals surface area contributed by atoms with Crippen LogP contribution in [0.25, 0.3) is 0 Å². The van der Waals surface area contributed by atoms with Crippen LogP contribution in [-0.2, 0) is 12.8 Å². The number of aryl methyl sites for hydroxylation is 1. The lowest BCUT2D eigenvalue weighted by atomic mass is 9.97. The summed E-state index contributed by atoms with van der Waals surface area (Å²) in [4.78, 5) is 16.7. The number of hydrogen-bond acceptors (Lipinski definition) is 2. The third-order valence-electron chi connectivity index (χ3n) is 3.68. The van der Waals surface area contributed by atoms with E-state index >= 15 is 0 Å². The Morgan fingerprint density at radius 2 is 2.06 bits per heavy atom. The Balaban J connectivity index is 1.86. The van der Waals surface area contributed by atoms with E-state index in [1.54, 1.807) is 6.20 Å². The first-order valence-corrected chi connectivity index (χ1v) is 6.28. The summed E-state index contributed by atoms with van der Waals surface area (Å²) >= 11 is 0. The second-order valence-electron chi connectivity index (χ2n) is 4.89. The van der Waals surface area contributed by atoms with Crippen molar-refractivity contribution in [2.24, 2.45) is 5.92 Å². The zero-order valence-corrected chi connectivity index (χ0v) is 10.4. The number of rotatable bonds is 2. The van der Waals surface area contributed by atoms with Gasteiger partial charge in [-0.3, -0.25) is 9.78 Å². The van der Waals surface area contributed by atoms with Crippen LogP contribution in [0.5, 0.6) is 0 Å². The lowest BCUT2D eigenvalue weighted by Gasteiger charge is -2.09. The Bertz CT molecular complexity index is 604. The molecule has 0 amide bonds. The van der Waals surface area contributed by atoms with Gasteiger partial charge in [0.1, 0.15) is 0 Å². The molecule has 0 spiro atoms. The summed E-state index contributed by atoms with van der Waals surface area (Å²) in [5, 5.41) is 0. The standard InChI is InChI=1S/C16H15NO/c1-11-5-4-8-17-15(11)10-13-9-12-6-2-3-7-14(12)16(13)18/h2-8,13H,9-10H2,1H3. The minimum atomic E-state index is 0.0657. The molecular formula is C16H15NO. The second-order valence-corrected chi connectivity index (χ2v) is 4.89. The number of carbonyl (C=O) groups excluding carboxylic acids is 1. The van der Waals surface area contributed by atoms with Crippen molar-refractivity contribution >= 4 is 5.78 Å². The summed E-state index contributed by atoms with van der Waals surface area (Å²) in [6, 6.07) is 11.9. The van der Waals surface area contributed by atoms with Gasteiger partial charge in [0.25, 0.3) is 0 Å². The van der Waals surface area contributed by atoms with Crippen LogP contribution in [0, 0.1) is 12.8 Å². The summed E-state index contributed by atoms with van der Waals surface area (Å²) in [7, 11) is 0. The van der Waals surface area contributed by atoms with Gasteiger partial charge in [0.15, 0.2) is 5.78 Å². The van der Waals surface area contributed by atoms with Crippen molar-refractivity contribution in [1.29, 1.82) is 0 Å². The molecule has 1 aromatic heterocycles. The number of nitrogens with zero attached hydrogens (tertiary/aromatic N) is 1. The van der Waals surface area contributed by atoms with Crippen molar-refractivity contribution in [1.82, 2.24) is 4.98 Å². The molecule has 90 valence electrons. The molecule has 3 rings (SSSR count). The van der Waals surface area contributed by atoms with Crippen molar-refractivity contribution in [2.75, 3.05) is 0 Å². The van der Waals surface area contributed by atoms with E-state index in [2.05, 4.69) is 24.0 Å². The summed E-state index contributed by atoms with van der Waals surface area (Å²) in [5.41, 5.74) is 4.29. The lowest BCUT2D eigenvalue weighted by Crippen LogP contribution is -2.13. The number of aromatic nitrogens is 1. The van der Waals surface area contributed by atoms with Crippen molar-refractivity contribution < 1.29 is 4.79 Å². The molecule has 0 fully saturated rings. The highest BCUT2D eigenvalue weighted by atomic mass is 16.1. The van der Waals surface area contributed by atoms with Crippen LogP contribution in [0.2, 0.25) is 0 Å². The predicted octanol–water partition coefficient (Wildman–Crippen LogP) is 2.99. The van der Waals surface area contributed by atoms with Gasteiger partial charge in [0.2, 0.25) is 0 Å². The fourth-order valence-corrected chi connectivity index (χ4v) is 2.65. The van der Waals surface area contributed by atoms with Crippen molar-refractivity contribution in [3.63, 3.8) is 0 Å². The molecule has 0 saturated heterocycles. The van der Waals surface area contributed by atoms with Gasteiger partial charge >= 0.3 is 0 Å². The molecule has 1 atom stereocenters. The zero-order valence-electron chi connectivity index (χ0n) is 10.4. The Morgan fingerprint density at radius 3 is 2.83 bits per heavy atom. The SMILES string of the molecule is Cc1cccnc1CC1Cc2ccccc2C1=O. The minimum Gasteiger partial charge on any atom is -0.294 e. The third-order valence-corrected chi connectivity index (χ3v) is 3.68. The number of hydrogen-bond donors (Lipinski definition) is 0. The van der Waals surface area contributed by atoms with E-state index < -0.39 is 0 Å². The summed E-state index contributed by atoms with van der Waals surface area (Å²) < 4.78 is 0. The maximum absolute atomic E-state index is 12.3. The first kappa shape index (κ1) is 11.1. The molecule has 0 saturated carbocycles. The van der Waals surface area contributed by atoms with Crippen molar-refractivity contribution in [3.8, 4) is 0 Å². The summed E-state index contributed by atoms with van der Waals surface area (Å²) in [6.07, 6.45) is 3.40. The molecule has 2 aromatic rings. The van der Waals surface area contributed by atoms with Gasteiger partial charge in [-0.05, 0) is 30.5 Å². The molecule has 1 unspecified atom stereocenters. The molecule has 0 N–H and O–H groups in total. The van der Waals surface area contributed by atoms with Crippen LogP contribution in [0.1, 0.15) is 27.2 Å². The number of ketones is 1. The molecule has 2 nitrogen and oxygen atoms in total. The summed E-state index contributed by atoms with van der Waals surface area (Å²) in [6.45, 7) is 2.05. The van der Waals surface area contributed by atoms with E-state index in [0.717, 1.165) is 24.1 Å². The number of Topliss-reactive ketones (excluding diaryl/α,β-unsaturated/α-hetero) is 1. The molecule has 0 radical (unpaired) electrons. The smallest absolute Gasteiger partial charge is 0.166 e. The highest BCUT2D eigenvalue weighted by Gasteiger charge is 2.30. The maximum atomic E-state index is 12.3. The first-order valence-electron chi connectivity index (χ1n) is 6.28. The quantitative estimate of drug-likeness (QED) is 0.803. The third kappa shape index (κ3) is 1.84. The molecule has 1 aliphatic carbocycles. The molecular weight excluding hydrogens is 222 g/mol. The molecule has 18 heavy (non-hydrogen) atoms. The van der Waals surface area contributed by atoms with E-state index in [0.29, 0.717) is 0 Å². The van der Waals surface area contributed by atoms with Gasteiger partial charge in [-0.2, -0.15) is 0 Å². The number of fused-ring (bicyclic) bond motifs is 1. The van der Waals surface area contributed by atoms with E-state index in [1.165, 1.54) is 11.1 Å². The van der Waals surface area contributed by atoms with Gasteiger partial charge in [-0.1, -0.05) is 30.3 Å². The Labute approximate surface area is 107 Å². The molecule has 2 heteroatoms. The van der Waals surface area contributed by atoms with Gasteiger partial charge in [-0.25, -0.2) is 0 Å². The van der Waals surface area contributed by atoms with Gasteiger partial charge < -0.3 is 0 Å². The fourth-order valence-electron chi connectivity index (χ4n) is 2.65. The molecule has 0 bridgehead atoms. The van der Waals surface area contributed by atoms with Crippen LogP contribution in [0.3, 0.4) is 0 Å². The van der Waals surface area contributed by atoms with Crippen LogP contribution in [0.15, 0.2) is 42.6 Å². The van der Waals surface area contributed by atoms with Crippen molar-refractivity contribution in [3.05, 3.63) is 65.0 Å². The van der Waals surface area contributed by atoms with Crippen LogP contribution in [-0.4, -0.2) is 10.8 Å². The Hall–Kier alpha value is -1.96. The van der Waals surface area contributed by atoms with Crippen LogP contribution in [0.4, 0.5) is 0 Å². The van der Waals surface area contributed by atoms with Gasteiger partial charge in [0, 0.05) is 29.8 Å². The number of benzene rings is 1. The average molecular weight is 237 g/mol. The van der Waals surface area contributed by atoms with Gasteiger partial charge in [-0.15, -0.1) is 0 Å². The monoisotopic (exact) mass is 237 g/mol. The van der Waals surface area contributed by atoms with E-state index in [-0.39, 0.29) is 11.7 Å². The molecule has 0 aliphatic heterocycles. The molecule has 1 aromatic carbocycles. The number of carbonyl (C=O) groups is 1. The zero-order chi connectivity index (χ0) is 12.5.